The Bertz CT molecular complexity index is 393. The van der Waals surface area contributed by atoms with Gasteiger partial charge < -0.3 is 10.6 Å². The van der Waals surface area contributed by atoms with Crippen molar-refractivity contribution >= 4 is 5.91 Å². The van der Waals surface area contributed by atoms with Crippen LogP contribution in [0.25, 0.3) is 0 Å². The summed E-state index contributed by atoms with van der Waals surface area (Å²) < 4.78 is 0. The van der Waals surface area contributed by atoms with E-state index >= 15 is 0 Å². The standard InChI is InChI=1S/C18H30N2O/c1-20(18(21)13-3-2-4-16(19)10-13)17-14-6-11-5-12(8-14)9-15(17)7-11/h11-17H,2-10,19H2,1H3. The Kier molecular flexibility index (Phi) is 3.52. The second kappa shape index (κ2) is 5.26. The van der Waals surface area contributed by atoms with Gasteiger partial charge in [-0.1, -0.05) is 6.42 Å². The highest BCUT2D eigenvalue weighted by Crippen LogP contribution is 2.55. The topological polar surface area (TPSA) is 46.3 Å². The van der Waals surface area contributed by atoms with Gasteiger partial charge >= 0.3 is 0 Å². The van der Waals surface area contributed by atoms with Crippen LogP contribution in [0.3, 0.4) is 0 Å². The van der Waals surface area contributed by atoms with Gasteiger partial charge in [0.2, 0.25) is 5.91 Å². The number of amides is 1. The van der Waals surface area contributed by atoms with Crippen LogP contribution in [0.4, 0.5) is 0 Å². The average molecular weight is 290 g/mol. The van der Waals surface area contributed by atoms with Crippen LogP contribution in [0.5, 0.6) is 0 Å². The lowest BCUT2D eigenvalue weighted by molar-refractivity contribution is -0.146. The summed E-state index contributed by atoms with van der Waals surface area (Å²) in [4.78, 5) is 15.1. The summed E-state index contributed by atoms with van der Waals surface area (Å²) in [6.07, 6.45) is 11.2. The molecule has 0 radical (unpaired) electrons. The number of rotatable bonds is 2. The molecule has 0 aromatic heterocycles. The van der Waals surface area contributed by atoms with Crippen molar-refractivity contribution < 1.29 is 4.79 Å². The molecular weight excluding hydrogens is 260 g/mol. The maximum Gasteiger partial charge on any atom is 0.225 e. The van der Waals surface area contributed by atoms with Crippen molar-refractivity contribution in [3.05, 3.63) is 0 Å². The fraction of sp³-hybridized carbons (Fsp3) is 0.944. The van der Waals surface area contributed by atoms with Gasteiger partial charge in [0.15, 0.2) is 0 Å². The highest BCUT2D eigenvalue weighted by molar-refractivity contribution is 5.79. The molecule has 0 saturated heterocycles. The zero-order chi connectivity index (χ0) is 14.6. The Morgan fingerprint density at radius 3 is 2.14 bits per heavy atom. The van der Waals surface area contributed by atoms with Crippen LogP contribution in [0.1, 0.15) is 57.8 Å². The first kappa shape index (κ1) is 14.0. The molecule has 0 aromatic rings. The SMILES string of the molecule is CN(C(=O)C1CCCC(N)C1)C1C2CC3CC(C2)CC1C3. The summed E-state index contributed by atoms with van der Waals surface area (Å²) in [7, 11) is 2.09. The van der Waals surface area contributed by atoms with Crippen molar-refractivity contribution in [1.29, 1.82) is 0 Å². The predicted octanol–water partition coefficient (Wildman–Crippen LogP) is 2.79. The van der Waals surface area contributed by atoms with Crippen LogP contribution >= 0.6 is 0 Å². The molecule has 0 aliphatic heterocycles. The van der Waals surface area contributed by atoms with Gasteiger partial charge in [0.1, 0.15) is 0 Å². The molecule has 0 aromatic carbocycles. The van der Waals surface area contributed by atoms with E-state index < -0.39 is 0 Å². The van der Waals surface area contributed by atoms with Crippen LogP contribution < -0.4 is 5.73 Å². The third kappa shape index (κ3) is 2.42. The molecule has 2 unspecified atom stereocenters. The van der Waals surface area contributed by atoms with Crippen LogP contribution in [0.15, 0.2) is 0 Å². The molecule has 0 heterocycles. The first-order valence-electron chi connectivity index (χ1n) is 9.14. The van der Waals surface area contributed by atoms with Gasteiger partial charge in [0.05, 0.1) is 0 Å². The number of nitrogens with two attached hydrogens (primary N) is 1. The largest absolute Gasteiger partial charge is 0.342 e. The monoisotopic (exact) mass is 290 g/mol. The van der Waals surface area contributed by atoms with Crippen molar-refractivity contribution in [3.8, 4) is 0 Å². The summed E-state index contributed by atoms with van der Waals surface area (Å²) in [5.41, 5.74) is 6.09. The molecule has 4 bridgehead atoms. The highest BCUT2D eigenvalue weighted by atomic mass is 16.2. The first-order valence-corrected chi connectivity index (χ1v) is 9.14. The zero-order valence-electron chi connectivity index (χ0n) is 13.3. The van der Waals surface area contributed by atoms with Crippen molar-refractivity contribution in [1.82, 2.24) is 4.90 Å². The van der Waals surface area contributed by atoms with Crippen molar-refractivity contribution in [2.24, 2.45) is 35.3 Å². The van der Waals surface area contributed by atoms with Crippen molar-refractivity contribution in [2.45, 2.75) is 69.9 Å². The summed E-state index contributed by atoms with van der Waals surface area (Å²) in [5.74, 6) is 4.17. The Morgan fingerprint density at radius 2 is 1.57 bits per heavy atom. The van der Waals surface area contributed by atoms with E-state index in [1.807, 2.05) is 0 Å². The molecule has 0 spiro atoms. The lowest BCUT2D eigenvalue weighted by Gasteiger charge is -2.57. The molecule has 3 heteroatoms. The molecule has 5 saturated carbocycles. The molecule has 21 heavy (non-hydrogen) atoms. The molecule has 118 valence electrons. The number of nitrogens with zero attached hydrogens (tertiary/aromatic N) is 1. The van der Waals surface area contributed by atoms with Gasteiger partial charge in [-0.15, -0.1) is 0 Å². The van der Waals surface area contributed by atoms with E-state index in [9.17, 15) is 4.79 Å². The number of hydrogen-bond donors (Lipinski definition) is 1. The molecule has 2 N–H and O–H groups in total. The minimum absolute atomic E-state index is 0.205. The zero-order valence-corrected chi connectivity index (χ0v) is 13.3. The highest BCUT2D eigenvalue weighted by Gasteiger charge is 2.50. The third-order valence-corrected chi connectivity index (χ3v) is 7.04. The Labute approximate surface area is 128 Å². The van der Waals surface area contributed by atoms with Gasteiger partial charge in [-0.3, -0.25) is 4.79 Å². The van der Waals surface area contributed by atoms with Gasteiger partial charge in [-0.05, 0) is 75.0 Å². The van der Waals surface area contributed by atoms with E-state index in [1.165, 1.54) is 32.1 Å². The molecule has 5 aliphatic carbocycles. The van der Waals surface area contributed by atoms with Gasteiger partial charge in [-0.25, -0.2) is 0 Å². The molecule has 3 nitrogen and oxygen atoms in total. The van der Waals surface area contributed by atoms with Crippen LogP contribution in [-0.2, 0) is 4.79 Å². The Morgan fingerprint density at radius 1 is 0.952 bits per heavy atom. The molecule has 5 aliphatic rings. The quantitative estimate of drug-likeness (QED) is 0.850. The number of carbonyl (C=O) groups excluding carboxylic acids is 1. The fourth-order valence-corrected chi connectivity index (χ4v) is 6.42. The third-order valence-electron chi connectivity index (χ3n) is 7.04. The predicted molar refractivity (Wildman–Crippen MR) is 83.5 cm³/mol. The van der Waals surface area contributed by atoms with E-state index in [4.69, 9.17) is 5.73 Å². The van der Waals surface area contributed by atoms with E-state index in [2.05, 4.69) is 11.9 Å². The van der Waals surface area contributed by atoms with Crippen LogP contribution in [-0.4, -0.2) is 29.9 Å². The lowest BCUT2D eigenvalue weighted by Crippen LogP contribution is -2.57. The summed E-state index contributed by atoms with van der Waals surface area (Å²) >= 11 is 0. The fourth-order valence-electron chi connectivity index (χ4n) is 6.42. The normalized spacial score (nSPS) is 48.4. The second-order valence-corrected chi connectivity index (χ2v) is 8.49. The Balaban J connectivity index is 1.47. The van der Waals surface area contributed by atoms with Gasteiger partial charge in [0, 0.05) is 25.0 Å². The van der Waals surface area contributed by atoms with Crippen LogP contribution in [0, 0.1) is 29.6 Å². The first-order chi connectivity index (χ1) is 10.1. The lowest BCUT2D eigenvalue weighted by atomic mass is 9.54. The summed E-state index contributed by atoms with van der Waals surface area (Å²) in [5, 5.41) is 0. The number of carbonyl (C=O) groups is 1. The van der Waals surface area contributed by atoms with E-state index in [-0.39, 0.29) is 12.0 Å². The summed E-state index contributed by atoms with van der Waals surface area (Å²) in [6.45, 7) is 0. The molecule has 5 rings (SSSR count). The van der Waals surface area contributed by atoms with Gasteiger partial charge in [-0.2, -0.15) is 0 Å². The average Bonchev–Trinajstić information content (AvgIpc) is 2.45. The summed E-state index contributed by atoms with van der Waals surface area (Å²) in [6, 6.07) is 0.794. The second-order valence-electron chi connectivity index (χ2n) is 8.49. The molecule has 2 atom stereocenters. The smallest absolute Gasteiger partial charge is 0.225 e. The van der Waals surface area contributed by atoms with Crippen molar-refractivity contribution in [3.63, 3.8) is 0 Å². The molecule has 1 amide bonds. The maximum absolute atomic E-state index is 12.9. The maximum atomic E-state index is 12.9. The number of hydrogen-bond acceptors (Lipinski definition) is 2. The molecule has 5 fully saturated rings. The Hall–Kier alpha value is -0.570. The molecular formula is C18H30N2O. The van der Waals surface area contributed by atoms with E-state index in [0.717, 1.165) is 49.4 Å². The van der Waals surface area contributed by atoms with Gasteiger partial charge in [0.25, 0.3) is 0 Å². The van der Waals surface area contributed by atoms with Crippen LogP contribution in [0.2, 0.25) is 0 Å². The minimum atomic E-state index is 0.205. The van der Waals surface area contributed by atoms with E-state index in [0.29, 0.717) is 11.9 Å². The van der Waals surface area contributed by atoms with Crippen molar-refractivity contribution in [2.75, 3.05) is 7.05 Å². The minimum Gasteiger partial charge on any atom is -0.342 e. The van der Waals surface area contributed by atoms with E-state index in [1.54, 1.807) is 0 Å².